The molecule has 1 saturated carbocycles. The van der Waals surface area contributed by atoms with E-state index < -0.39 is 10.0 Å². The van der Waals surface area contributed by atoms with Crippen molar-refractivity contribution in [2.24, 2.45) is 11.7 Å². The first-order valence-electron chi connectivity index (χ1n) is 8.23. The lowest BCUT2D eigenvalue weighted by atomic mass is 10.0. The predicted molar refractivity (Wildman–Crippen MR) is 94.9 cm³/mol. The monoisotopic (exact) mass is 371 g/mol. The molecule has 3 N–H and O–H groups in total. The van der Waals surface area contributed by atoms with E-state index in [1.165, 1.54) is 4.31 Å². The van der Waals surface area contributed by atoms with Crippen molar-refractivity contribution in [2.75, 3.05) is 23.1 Å². The second-order valence-corrected chi connectivity index (χ2v) is 8.83. The third-order valence-electron chi connectivity index (χ3n) is 4.86. The van der Waals surface area contributed by atoms with E-state index in [1.807, 2.05) is 0 Å². The van der Waals surface area contributed by atoms with Gasteiger partial charge in [0.1, 0.15) is 0 Å². The Morgan fingerprint density at radius 2 is 2.12 bits per heavy atom. The lowest BCUT2D eigenvalue weighted by Gasteiger charge is -2.21. The van der Waals surface area contributed by atoms with E-state index in [0.717, 1.165) is 19.3 Å². The molecule has 2 atom stereocenters. The van der Waals surface area contributed by atoms with Gasteiger partial charge in [-0.2, -0.15) is 0 Å². The Balaban J connectivity index is 1.76. The van der Waals surface area contributed by atoms with Gasteiger partial charge in [-0.3, -0.25) is 9.10 Å². The Morgan fingerprint density at radius 3 is 2.75 bits per heavy atom. The minimum absolute atomic E-state index is 0.0807. The molecule has 1 heterocycles. The number of rotatable bonds is 4. The lowest BCUT2D eigenvalue weighted by Crippen LogP contribution is -2.40. The maximum Gasteiger partial charge on any atom is 0.253 e. The van der Waals surface area contributed by atoms with Crippen molar-refractivity contribution in [3.8, 4) is 0 Å². The van der Waals surface area contributed by atoms with Gasteiger partial charge < -0.3 is 11.1 Å². The van der Waals surface area contributed by atoms with Gasteiger partial charge in [-0.1, -0.05) is 18.0 Å². The summed E-state index contributed by atoms with van der Waals surface area (Å²) in [5, 5.41) is 3.27. The molecule has 1 aromatic carbocycles. The van der Waals surface area contributed by atoms with Crippen molar-refractivity contribution in [3.05, 3.63) is 28.8 Å². The summed E-state index contributed by atoms with van der Waals surface area (Å²) < 4.78 is 25.3. The Bertz CT molecular complexity index is 738. The molecule has 2 fully saturated rings. The zero-order valence-electron chi connectivity index (χ0n) is 13.4. The number of nitrogens with zero attached hydrogens (tertiary/aromatic N) is 1. The average molecular weight is 372 g/mol. The third kappa shape index (κ3) is 3.38. The highest BCUT2D eigenvalue weighted by atomic mass is 35.5. The van der Waals surface area contributed by atoms with Crippen LogP contribution in [0, 0.1) is 5.92 Å². The van der Waals surface area contributed by atoms with Crippen molar-refractivity contribution in [2.45, 2.75) is 31.7 Å². The highest BCUT2D eigenvalue weighted by Crippen LogP contribution is 2.30. The van der Waals surface area contributed by atoms with Gasteiger partial charge in [-0.25, -0.2) is 8.42 Å². The van der Waals surface area contributed by atoms with Crippen LogP contribution in [0.1, 0.15) is 36.0 Å². The molecular weight excluding hydrogens is 350 g/mol. The predicted octanol–water partition coefficient (Wildman–Crippen LogP) is 1.74. The van der Waals surface area contributed by atoms with Gasteiger partial charge in [0.15, 0.2) is 0 Å². The van der Waals surface area contributed by atoms with Crippen LogP contribution in [-0.4, -0.2) is 39.2 Å². The summed E-state index contributed by atoms with van der Waals surface area (Å²) >= 11 is 6.24. The number of carbonyl (C=O) groups excluding carboxylic acids is 1. The second kappa shape index (κ2) is 6.90. The van der Waals surface area contributed by atoms with Gasteiger partial charge in [-0.15, -0.1) is 0 Å². The minimum atomic E-state index is -3.26. The quantitative estimate of drug-likeness (QED) is 0.843. The normalized spacial score (nSPS) is 25.8. The van der Waals surface area contributed by atoms with Gasteiger partial charge in [0.2, 0.25) is 10.0 Å². The molecule has 1 aliphatic heterocycles. The number of nitrogens with two attached hydrogens (primary N) is 1. The van der Waals surface area contributed by atoms with E-state index in [1.54, 1.807) is 18.2 Å². The minimum Gasteiger partial charge on any atom is -0.349 e. The number of halogens is 1. The molecular formula is C16H22ClN3O3S. The zero-order valence-corrected chi connectivity index (χ0v) is 14.9. The molecule has 8 heteroatoms. The molecule has 1 aliphatic carbocycles. The van der Waals surface area contributed by atoms with Crippen molar-refractivity contribution < 1.29 is 13.2 Å². The first-order valence-corrected chi connectivity index (χ1v) is 10.2. The summed E-state index contributed by atoms with van der Waals surface area (Å²) in [5.41, 5.74) is 6.61. The molecule has 0 aromatic heterocycles. The van der Waals surface area contributed by atoms with E-state index in [0.29, 0.717) is 36.7 Å². The summed E-state index contributed by atoms with van der Waals surface area (Å²) in [6.07, 6.45) is 3.62. The fourth-order valence-corrected chi connectivity index (χ4v) is 5.34. The van der Waals surface area contributed by atoms with Crippen molar-refractivity contribution in [1.29, 1.82) is 0 Å². The highest BCUT2D eigenvalue weighted by molar-refractivity contribution is 7.93. The number of hydrogen-bond donors (Lipinski definition) is 2. The molecule has 6 nitrogen and oxygen atoms in total. The smallest absolute Gasteiger partial charge is 0.253 e. The molecule has 1 aromatic rings. The van der Waals surface area contributed by atoms with Crippen LogP contribution in [0.15, 0.2) is 18.2 Å². The summed E-state index contributed by atoms with van der Waals surface area (Å²) in [5.74, 6) is 0.220. The Kier molecular flexibility index (Phi) is 5.03. The molecule has 1 saturated heterocycles. The lowest BCUT2D eigenvalue weighted by molar-refractivity contribution is 0.0929. The van der Waals surface area contributed by atoms with Gasteiger partial charge >= 0.3 is 0 Å². The van der Waals surface area contributed by atoms with Crippen LogP contribution < -0.4 is 15.4 Å². The van der Waals surface area contributed by atoms with Gasteiger partial charge in [0, 0.05) is 12.6 Å². The maximum absolute atomic E-state index is 12.5. The number of hydrogen-bond acceptors (Lipinski definition) is 4. The molecule has 0 spiro atoms. The van der Waals surface area contributed by atoms with Gasteiger partial charge in [0.05, 0.1) is 22.0 Å². The largest absolute Gasteiger partial charge is 0.349 e. The Labute approximate surface area is 147 Å². The average Bonchev–Trinajstić information content (AvgIpc) is 3.12. The van der Waals surface area contributed by atoms with Crippen molar-refractivity contribution in [1.82, 2.24) is 5.32 Å². The van der Waals surface area contributed by atoms with Crippen molar-refractivity contribution in [3.63, 3.8) is 0 Å². The number of benzene rings is 1. The fraction of sp³-hybridized carbons (Fsp3) is 0.562. The molecule has 3 rings (SSSR count). The first kappa shape index (κ1) is 17.5. The standard InChI is InChI=1S/C16H22ClN3O3S/c17-14-9-12(20-7-2-8-24(20,22)23)5-6-13(14)16(21)19-15-4-1-3-11(15)10-18/h5-6,9,11,15H,1-4,7-8,10,18H2,(H,19,21)/t11-,15+/m0/s1. The van der Waals surface area contributed by atoms with Crippen LogP contribution in [0.2, 0.25) is 5.02 Å². The van der Waals surface area contributed by atoms with Gasteiger partial charge in [0.25, 0.3) is 5.91 Å². The molecule has 132 valence electrons. The number of amides is 1. The van der Waals surface area contributed by atoms with Crippen LogP contribution in [0.5, 0.6) is 0 Å². The molecule has 1 amide bonds. The molecule has 0 bridgehead atoms. The molecule has 0 radical (unpaired) electrons. The topological polar surface area (TPSA) is 92.5 Å². The second-order valence-electron chi connectivity index (χ2n) is 6.41. The maximum atomic E-state index is 12.5. The van der Waals surface area contributed by atoms with Crippen LogP contribution in [0.3, 0.4) is 0 Å². The van der Waals surface area contributed by atoms with E-state index in [2.05, 4.69) is 5.32 Å². The Morgan fingerprint density at radius 1 is 1.33 bits per heavy atom. The molecule has 2 aliphatic rings. The van der Waals surface area contributed by atoms with Crippen LogP contribution >= 0.6 is 11.6 Å². The fourth-order valence-electron chi connectivity index (χ4n) is 3.53. The third-order valence-corrected chi connectivity index (χ3v) is 7.05. The number of sulfonamides is 1. The molecule has 0 unspecified atom stereocenters. The van der Waals surface area contributed by atoms with E-state index in [9.17, 15) is 13.2 Å². The van der Waals surface area contributed by atoms with E-state index in [-0.39, 0.29) is 22.7 Å². The van der Waals surface area contributed by atoms with Crippen LogP contribution in [0.4, 0.5) is 5.69 Å². The highest BCUT2D eigenvalue weighted by Gasteiger charge is 2.30. The number of anilines is 1. The van der Waals surface area contributed by atoms with E-state index in [4.69, 9.17) is 17.3 Å². The number of nitrogens with one attached hydrogen (secondary N) is 1. The number of carbonyl (C=O) groups is 1. The first-order chi connectivity index (χ1) is 11.4. The van der Waals surface area contributed by atoms with Gasteiger partial charge in [-0.05, 0) is 49.9 Å². The van der Waals surface area contributed by atoms with Crippen molar-refractivity contribution >= 4 is 33.2 Å². The molecule has 24 heavy (non-hydrogen) atoms. The summed E-state index contributed by atoms with van der Waals surface area (Å²) in [6, 6.07) is 4.86. The SMILES string of the molecule is NC[C@@H]1CCC[C@H]1NC(=O)c1ccc(N2CCCS2(=O)=O)cc1Cl. The summed E-state index contributed by atoms with van der Waals surface area (Å²) in [7, 11) is -3.26. The Hall–Kier alpha value is -1.31. The zero-order chi connectivity index (χ0) is 17.3. The van der Waals surface area contributed by atoms with E-state index >= 15 is 0 Å². The summed E-state index contributed by atoms with van der Waals surface area (Å²) in [4.78, 5) is 12.5. The summed E-state index contributed by atoms with van der Waals surface area (Å²) in [6.45, 7) is 1.01. The van der Waals surface area contributed by atoms with Crippen LogP contribution in [-0.2, 0) is 10.0 Å². The van der Waals surface area contributed by atoms with Crippen LogP contribution in [0.25, 0.3) is 0 Å².